The summed E-state index contributed by atoms with van der Waals surface area (Å²) in [6, 6.07) is 10.3. The van der Waals surface area contributed by atoms with Gasteiger partial charge in [0.15, 0.2) is 0 Å². The Morgan fingerprint density at radius 3 is 1.89 bits per heavy atom. The molecule has 1 aromatic heterocycles. The molecule has 136 valence electrons. The smallest absolute Gasteiger partial charge is 0.0736 e. The van der Waals surface area contributed by atoms with Crippen LogP contribution in [0.3, 0.4) is 0 Å². The fourth-order valence-corrected chi connectivity index (χ4v) is 4.08. The lowest BCUT2D eigenvalue weighted by molar-refractivity contribution is 1.22. The first-order chi connectivity index (χ1) is 12.8. The Bertz CT molecular complexity index is 1090. The molecule has 0 aliphatic rings. The van der Waals surface area contributed by atoms with Crippen LogP contribution in [-0.4, -0.2) is 4.98 Å². The van der Waals surface area contributed by atoms with Gasteiger partial charge in [-0.3, -0.25) is 4.98 Å². The second-order valence-electron chi connectivity index (χ2n) is 5.50. The van der Waals surface area contributed by atoms with Gasteiger partial charge in [0.05, 0.1) is 48.3 Å². The summed E-state index contributed by atoms with van der Waals surface area (Å²) in [5, 5.41) is 11.3. The van der Waals surface area contributed by atoms with Crippen LogP contribution in [0.15, 0.2) is 36.5 Å². The Balaban J connectivity index is 2.27. The Kier molecular flexibility index (Phi) is 6.43. The van der Waals surface area contributed by atoms with E-state index < -0.39 is 0 Å². The summed E-state index contributed by atoms with van der Waals surface area (Å²) in [6.07, 6.45) is 1.67. The summed E-state index contributed by atoms with van der Waals surface area (Å²) >= 11 is 37.5. The maximum Gasteiger partial charge on any atom is 0.0736 e. The van der Waals surface area contributed by atoms with Crippen LogP contribution in [0, 0.1) is 11.3 Å². The number of hydrogen-bond donors (Lipinski definition) is 0. The van der Waals surface area contributed by atoms with Gasteiger partial charge >= 0.3 is 0 Å². The van der Waals surface area contributed by atoms with Crippen molar-refractivity contribution in [3.63, 3.8) is 0 Å². The van der Waals surface area contributed by atoms with E-state index in [4.69, 9.17) is 69.6 Å². The average Bonchev–Trinajstić information content (AvgIpc) is 2.64. The van der Waals surface area contributed by atoms with E-state index in [1.54, 1.807) is 36.5 Å². The first-order valence-electron chi connectivity index (χ1n) is 7.48. The summed E-state index contributed by atoms with van der Waals surface area (Å²) in [7, 11) is 0. The number of nitrogens with zero attached hydrogens (tertiary/aromatic N) is 2. The molecule has 2 nitrogen and oxygen atoms in total. The van der Waals surface area contributed by atoms with Crippen LogP contribution >= 0.6 is 69.6 Å². The molecule has 2 aromatic carbocycles. The van der Waals surface area contributed by atoms with Gasteiger partial charge in [0.1, 0.15) is 0 Å². The lowest BCUT2D eigenvalue weighted by atomic mass is 9.97. The number of hydrogen-bond acceptors (Lipinski definition) is 2. The third-order valence-corrected chi connectivity index (χ3v) is 6.11. The van der Waals surface area contributed by atoms with Crippen molar-refractivity contribution in [2.75, 3.05) is 0 Å². The molecule has 3 rings (SSSR count). The molecule has 0 atom stereocenters. The van der Waals surface area contributed by atoms with Gasteiger partial charge in [0.2, 0.25) is 0 Å². The largest absolute Gasteiger partial charge is 0.255 e. The standard InChI is InChI=1S/C19H8Cl6N2/c20-11-1-3-13(22)18(24)16(11)10-8-27-15(7-9(10)5-6-26)17-12(21)2-4-14(23)19(17)25/h1-4,7-8H,5H2. The molecule has 0 radical (unpaired) electrons. The van der Waals surface area contributed by atoms with Crippen LogP contribution in [0.4, 0.5) is 0 Å². The SMILES string of the molecule is N#CCc1cc(-c2c(Cl)ccc(Cl)c2Cl)ncc1-c1c(Cl)ccc(Cl)c1Cl. The van der Waals surface area contributed by atoms with Crippen molar-refractivity contribution >= 4 is 69.6 Å². The van der Waals surface area contributed by atoms with Gasteiger partial charge in [-0.25, -0.2) is 0 Å². The summed E-state index contributed by atoms with van der Waals surface area (Å²) in [4.78, 5) is 4.45. The van der Waals surface area contributed by atoms with Gasteiger partial charge in [-0.05, 0) is 35.9 Å². The molecule has 0 aliphatic heterocycles. The molecule has 0 N–H and O–H groups in total. The van der Waals surface area contributed by atoms with Gasteiger partial charge in [-0.1, -0.05) is 69.6 Å². The van der Waals surface area contributed by atoms with Crippen molar-refractivity contribution in [2.24, 2.45) is 0 Å². The lowest BCUT2D eigenvalue weighted by Crippen LogP contribution is -1.96. The summed E-state index contributed by atoms with van der Waals surface area (Å²) < 4.78 is 0. The topological polar surface area (TPSA) is 36.7 Å². The number of aromatic nitrogens is 1. The molecule has 0 amide bonds. The highest BCUT2D eigenvalue weighted by atomic mass is 35.5. The maximum absolute atomic E-state index is 9.26. The van der Waals surface area contributed by atoms with Crippen LogP contribution in [0.25, 0.3) is 22.4 Å². The second-order valence-corrected chi connectivity index (χ2v) is 7.88. The summed E-state index contributed by atoms with van der Waals surface area (Å²) in [5.74, 6) is 0. The zero-order valence-electron chi connectivity index (χ0n) is 13.3. The molecule has 1 heterocycles. The van der Waals surface area contributed by atoms with E-state index in [2.05, 4.69) is 11.1 Å². The zero-order chi connectivity index (χ0) is 19.7. The highest BCUT2D eigenvalue weighted by Gasteiger charge is 2.19. The van der Waals surface area contributed by atoms with Crippen molar-refractivity contribution in [3.8, 4) is 28.5 Å². The minimum Gasteiger partial charge on any atom is -0.255 e. The number of rotatable bonds is 3. The van der Waals surface area contributed by atoms with Crippen LogP contribution in [0.1, 0.15) is 5.56 Å². The minimum absolute atomic E-state index is 0.0971. The summed E-state index contributed by atoms with van der Waals surface area (Å²) in [5.41, 5.74) is 2.74. The van der Waals surface area contributed by atoms with Gasteiger partial charge < -0.3 is 0 Å². The molecule has 8 heteroatoms. The molecule has 0 spiro atoms. The monoisotopic (exact) mass is 474 g/mol. The van der Waals surface area contributed by atoms with Crippen LogP contribution < -0.4 is 0 Å². The van der Waals surface area contributed by atoms with Crippen molar-refractivity contribution in [1.82, 2.24) is 4.98 Å². The van der Waals surface area contributed by atoms with Crippen molar-refractivity contribution < 1.29 is 0 Å². The van der Waals surface area contributed by atoms with E-state index in [1.165, 1.54) is 0 Å². The molecule has 0 saturated carbocycles. The van der Waals surface area contributed by atoms with Crippen molar-refractivity contribution in [1.29, 1.82) is 5.26 Å². The first kappa shape index (κ1) is 20.6. The number of nitriles is 1. The highest BCUT2D eigenvalue weighted by molar-refractivity contribution is 6.47. The Morgan fingerprint density at radius 2 is 1.30 bits per heavy atom. The van der Waals surface area contributed by atoms with E-state index in [1.807, 2.05) is 0 Å². The Labute approximate surface area is 186 Å². The number of pyridine rings is 1. The van der Waals surface area contributed by atoms with Crippen LogP contribution in [-0.2, 0) is 6.42 Å². The average molecular weight is 477 g/mol. The van der Waals surface area contributed by atoms with E-state index >= 15 is 0 Å². The summed E-state index contributed by atoms with van der Waals surface area (Å²) in [6.45, 7) is 0. The van der Waals surface area contributed by atoms with E-state index in [-0.39, 0.29) is 16.5 Å². The zero-order valence-corrected chi connectivity index (χ0v) is 17.9. The lowest BCUT2D eigenvalue weighted by Gasteiger charge is -2.14. The maximum atomic E-state index is 9.26. The molecule has 0 bridgehead atoms. The minimum atomic E-state index is 0.0971. The van der Waals surface area contributed by atoms with E-state index in [9.17, 15) is 5.26 Å². The van der Waals surface area contributed by atoms with E-state index in [0.29, 0.717) is 48.0 Å². The van der Waals surface area contributed by atoms with Crippen molar-refractivity contribution in [2.45, 2.75) is 6.42 Å². The Hall–Kier alpha value is -1.18. The third-order valence-electron chi connectivity index (χ3n) is 3.87. The number of benzene rings is 2. The highest BCUT2D eigenvalue weighted by Crippen LogP contribution is 2.43. The molecule has 0 unspecified atom stereocenters. The van der Waals surface area contributed by atoms with Crippen LogP contribution in [0.2, 0.25) is 30.1 Å². The predicted octanol–water partition coefficient (Wildman–Crippen LogP) is 8.40. The molecule has 3 aromatic rings. The van der Waals surface area contributed by atoms with Crippen LogP contribution in [0.5, 0.6) is 0 Å². The van der Waals surface area contributed by atoms with Gasteiger partial charge in [0.25, 0.3) is 0 Å². The quantitative estimate of drug-likeness (QED) is 0.356. The van der Waals surface area contributed by atoms with Gasteiger partial charge in [-0.2, -0.15) is 5.26 Å². The molecule has 0 aliphatic carbocycles. The normalized spacial score (nSPS) is 10.7. The molecular weight excluding hydrogens is 469 g/mol. The molecule has 27 heavy (non-hydrogen) atoms. The molecular formula is C19H8Cl6N2. The third kappa shape index (κ3) is 4.00. The molecule has 0 fully saturated rings. The van der Waals surface area contributed by atoms with Gasteiger partial charge in [0, 0.05) is 22.9 Å². The molecule has 0 saturated heterocycles. The van der Waals surface area contributed by atoms with E-state index in [0.717, 1.165) is 0 Å². The first-order valence-corrected chi connectivity index (χ1v) is 9.75. The Morgan fingerprint density at radius 1 is 0.778 bits per heavy atom. The van der Waals surface area contributed by atoms with Crippen molar-refractivity contribution in [3.05, 3.63) is 72.2 Å². The number of halogens is 6. The van der Waals surface area contributed by atoms with Gasteiger partial charge in [-0.15, -0.1) is 0 Å². The fourth-order valence-electron chi connectivity index (χ4n) is 2.63. The predicted molar refractivity (Wildman–Crippen MR) is 114 cm³/mol. The fraction of sp³-hybridized carbons (Fsp3) is 0.0526. The second kappa shape index (κ2) is 8.45.